The first kappa shape index (κ1) is 16.0. The quantitative estimate of drug-likeness (QED) is 0.871. The van der Waals surface area contributed by atoms with Gasteiger partial charge in [0, 0.05) is 24.7 Å². The third kappa shape index (κ3) is 4.57. The van der Waals surface area contributed by atoms with Gasteiger partial charge in [0.2, 0.25) is 0 Å². The van der Waals surface area contributed by atoms with Gasteiger partial charge in [-0.2, -0.15) is 0 Å². The number of nitrogens with one attached hydrogen (secondary N) is 1. The lowest BCUT2D eigenvalue weighted by atomic mass is 10.0. The van der Waals surface area contributed by atoms with E-state index in [0.29, 0.717) is 6.04 Å². The molecule has 1 atom stereocenters. The van der Waals surface area contributed by atoms with Gasteiger partial charge in [-0.3, -0.25) is 4.79 Å². The molecule has 1 aliphatic rings. The van der Waals surface area contributed by atoms with Crippen LogP contribution in [0.1, 0.15) is 55.5 Å². The van der Waals surface area contributed by atoms with Crippen molar-refractivity contribution in [1.29, 1.82) is 0 Å². The summed E-state index contributed by atoms with van der Waals surface area (Å²) in [4.78, 5) is 14.7. The van der Waals surface area contributed by atoms with Crippen LogP contribution >= 0.6 is 0 Å². The number of amides is 1. The molecule has 116 valence electrons. The van der Waals surface area contributed by atoms with Crippen LogP contribution in [-0.4, -0.2) is 36.5 Å². The molecular formula is C18H28N2O. The highest BCUT2D eigenvalue weighted by Crippen LogP contribution is 2.13. The monoisotopic (exact) mass is 288 g/mol. The Morgan fingerprint density at radius 2 is 2.00 bits per heavy atom. The van der Waals surface area contributed by atoms with Gasteiger partial charge in [0.1, 0.15) is 0 Å². The minimum absolute atomic E-state index is 0.173. The summed E-state index contributed by atoms with van der Waals surface area (Å²) < 4.78 is 0. The molecule has 1 N–H and O–H groups in total. The molecule has 1 aliphatic heterocycles. The van der Waals surface area contributed by atoms with Crippen molar-refractivity contribution in [3.8, 4) is 0 Å². The Kier molecular flexibility index (Phi) is 6.24. The zero-order chi connectivity index (χ0) is 15.1. The first-order valence-electron chi connectivity index (χ1n) is 8.36. The average Bonchev–Trinajstić information content (AvgIpc) is 2.55. The van der Waals surface area contributed by atoms with E-state index in [1.807, 2.05) is 17.0 Å². The first-order chi connectivity index (χ1) is 10.2. The molecule has 1 fully saturated rings. The summed E-state index contributed by atoms with van der Waals surface area (Å²) in [7, 11) is 0. The second-order valence-electron chi connectivity index (χ2n) is 5.95. The van der Waals surface area contributed by atoms with E-state index in [1.165, 1.54) is 24.8 Å². The fourth-order valence-corrected chi connectivity index (χ4v) is 2.96. The summed E-state index contributed by atoms with van der Waals surface area (Å²) in [6, 6.07) is 8.53. The third-order valence-electron chi connectivity index (χ3n) is 4.24. The molecule has 1 amide bonds. The van der Waals surface area contributed by atoms with Crippen LogP contribution in [0.3, 0.4) is 0 Å². The smallest absolute Gasteiger partial charge is 0.253 e. The summed E-state index contributed by atoms with van der Waals surface area (Å²) in [6.07, 6.45) is 5.74. The van der Waals surface area contributed by atoms with E-state index in [9.17, 15) is 4.79 Å². The highest BCUT2D eigenvalue weighted by atomic mass is 16.2. The van der Waals surface area contributed by atoms with Crippen LogP contribution in [0.5, 0.6) is 0 Å². The number of nitrogens with zero attached hydrogens (tertiary/aromatic N) is 1. The van der Waals surface area contributed by atoms with Crippen molar-refractivity contribution in [3.63, 3.8) is 0 Å². The minimum Gasteiger partial charge on any atom is -0.337 e. The largest absolute Gasteiger partial charge is 0.337 e. The fraction of sp³-hybridized carbons (Fsp3) is 0.611. The molecule has 0 spiro atoms. The van der Waals surface area contributed by atoms with Gasteiger partial charge in [-0.15, -0.1) is 0 Å². The number of aryl methyl sites for hydroxylation is 1. The zero-order valence-corrected chi connectivity index (χ0v) is 13.4. The van der Waals surface area contributed by atoms with E-state index in [-0.39, 0.29) is 5.91 Å². The van der Waals surface area contributed by atoms with Gasteiger partial charge in [0.05, 0.1) is 0 Å². The maximum Gasteiger partial charge on any atom is 0.253 e. The van der Waals surface area contributed by atoms with E-state index < -0.39 is 0 Å². The van der Waals surface area contributed by atoms with E-state index in [1.54, 1.807) is 0 Å². The van der Waals surface area contributed by atoms with Crippen LogP contribution in [0.2, 0.25) is 0 Å². The molecule has 1 aromatic rings. The van der Waals surface area contributed by atoms with Gasteiger partial charge in [0.15, 0.2) is 0 Å². The standard InChI is InChI=1S/C18H28N2O/c1-3-13-20(14-17-7-5-6-12-19-17)18(21)16-10-8-15(4-2)9-11-16/h8-11,17,19H,3-7,12-14H2,1-2H3. The highest BCUT2D eigenvalue weighted by Gasteiger charge is 2.20. The normalized spacial score (nSPS) is 18.5. The van der Waals surface area contributed by atoms with Crippen molar-refractivity contribution in [2.75, 3.05) is 19.6 Å². The van der Waals surface area contributed by atoms with E-state index >= 15 is 0 Å². The number of rotatable bonds is 6. The molecule has 3 heteroatoms. The van der Waals surface area contributed by atoms with Crippen LogP contribution in [0, 0.1) is 0 Å². The van der Waals surface area contributed by atoms with Gasteiger partial charge in [-0.1, -0.05) is 32.4 Å². The van der Waals surface area contributed by atoms with Crippen LogP contribution in [-0.2, 0) is 6.42 Å². The first-order valence-corrected chi connectivity index (χ1v) is 8.36. The second kappa shape index (κ2) is 8.18. The molecule has 0 saturated carbocycles. The lowest BCUT2D eigenvalue weighted by Gasteiger charge is -2.30. The maximum atomic E-state index is 12.7. The summed E-state index contributed by atoms with van der Waals surface area (Å²) in [6.45, 7) is 7.03. The summed E-state index contributed by atoms with van der Waals surface area (Å²) in [5.41, 5.74) is 2.10. The Bertz CT molecular complexity index is 435. The van der Waals surface area contributed by atoms with E-state index in [2.05, 4.69) is 31.3 Å². The Hall–Kier alpha value is -1.35. The lowest BCUT2D eigenvalue weighted by Crippen LogP contribution is -2.46. The molecule has 0 radical (unpaired) electrons. The molecule has 0 aliphatic carbocycles. The highest BCUT2D eigenvalue weighted by molar-refractivity contribution is 5.94. The third-order valence-corrected chi connectivity index (χ3v) is 4.24. The van der Waals surface area contributed by atoms with Crippen LogP contribution in [0.4, 0.5) is 0 Å². The van der Waals surface area contributed by atoms with Gasteiger partial charge >= 0.3 is 0 Å². The van der Waals surface area contributed by atoms with Crippen molar-refractivity contribution < 1.29 is 4.79 Å². The number of benzene rings is 1. The summed E-state index contributed by atoms with van der Waals surface area (Å²) >= 11 is 0. The zero-order valence-electron chi connectivity index (χ0n) is 13.4. The number of carbonyl (C=O) groups is 1. The number of hydrogen-bond acceptors (Lipinski definition) is 2. The molecule has 0 bridgehead atoms. The second-order valence-corrected chi connectivity index (χ2v) is 5.95. The van der Waals surface area contributed by atoms with Gasteiger partial charge in [-0.25, -0.2) is 0 Å². The summed E-state index contributed by atoms with van der Waals surface area (Å²) in [5, 5.41) is 3.54. The Morgan fingerprint density at radius 3 is 2.57 bits per heavy atom. The van der Waals surface area contributed by atoms with Gasteiger partial charge in [-0.05, 0) is 49.9 Å². The number of piperidine rings is 1. The Morgan fingerprint density at radius 1 is 1.24 bits per heavy atom. The molecule has 1 heterocycles. The molecule has 1 unspecified atom stereocenters. The van der Waals surface area contributed by atoms with Crippen molar-refractivity contribution in [2.24, 2.45) is 0 Å². The fourth-order valence-electron chi connectivity index (χ4n) is 2.96. The van der Waals surface area contributed by atoms with Crippen molar-refractivity contribution in [3.05, 3.63) is 35.4 Å². The SMILES string of the molecule is CCCN(CC1CCCCN1)C(=O)c1ccc(CC)cc1. The van der Waals surface area contributed by atoms with Gasteiger partial charge < -0.3 is 10.2 Å². The van der Waals surface area contributed by atoms with Crippen LogP contribution < -0.4 is 5.32 Å². The topological polar surface area (TPSA) is 32.3 Å². The molecule has 1 aromatic carbocycles. The molecule has 1 saturated heterocycles. The van der Waals surface area contributed by atoms with Gasteiger partial charge in [0.25, 0.3) is 5.91 Å². The summed E-state index contributed by atoms with van der Waals surface area (Å²) in [5.74, 6) is 0.173. The predicted octanol–water partition coefficient (Wildman–Crippen LogP) is 3.24. The molecule has 21 heavy (non-hydrogen) atoms. The Balaban J connectivity index is 2.02. The minimum atomic E-state index is 0.173. The average molecular weight is 288 g/mol. The maximum absolute atomic E-state index is 12.7. The Labute approximate surface area is 128 Å². The lowest BCUT2D eigenvalue weighted by molar-refractivity contribution is 0.0731. The predicted molar refractivity (Wildman–Crippen MR) is 87.7 cm³/mol. The molecule has 3 nitrogen and oxygen atoms in total. The van der Waals surface area contributed by atoms with E-state index in [0.717, 1.165) is 38.0 Å². The number of carbonyl (C=O) groups excluding carboxylic acids is 1. The molecule has 0 aromatic heterocycles. The van der Waals surface area contributed by atoms with Crippen LogP contribution in [0.15, 0.2) is 24.3 Å². The van der Waals surface area contributed by atoms with Crippen molar-refractivity contribution >= 4 is 5.91 Å². The molecular weight excluding hydrogens is 260 g/mol. The van der Waals surface area contributed by atoms with E-state index in [4.69, 9.17) is 0 Å². The molecule has 2 rings (SSSR count). The van der Waals surface area contributed by atoms with Crippen LogP contribution in [0.25, 0.3) is 0 Å². The number of hydrogen-bond donors (Lipinski definition) is 1. The van der Waals surface area contributed by atoms with Crippen molar-refractivity contribution in [2.45, 2.75) is 52.0 Å². The van der Waals surface area contributed by atoms with Crippen molar-refractivity contribution in [1.82, 2.24) is 10.2 Å².